The topological polar surface area (TPSA) is 37.4 Å². The molecule has 4 heteroatoms. The summed E-state index contributed by atoms with van der Waals surface area (Å²) in [6, 6.07) is 7.47. The van der Waals surface area contributed by atoms with Crippen LogP contribution in [-0.2, 0) is 10.0 Å². The van der Waals surface area contributed by atoms with Gasteiger partial charge in [-0.1, -0.05) is 12.1 Å². The molecule has 0 atom stereocenters. The zero-order valence-corrected chi connectivity index (χ0v) is 9.50. The Hall–Kier alpha value is -1.03. The smallest absolute Gasteiger partial charge is 0.232 e. The normalized spacial score (nSPS) is 11.4. The van der Waals surface area contributed by atoms with Crippen molar-refractivity contribution in [2.24, 2.45) is 0 Å². The fourth-order valence-corrected chi connectivity index (χ4v) is 2.36. The van der Waals surface area contributed by atoms with Crippen molar-refractivity contribution in [1.82, 2.24) is 0 Å². The molecule has 1 aromatic carbocycles. The highest BCUT2D eigenvalue weighted by atomic mass is 32.2. The Morgan fingerprint density at radius 2 is 2.00 bits per heavy atom. The van der Waals surface area contributed by atoms with Crippen LogP contribution >= 0.6 is 0 Å². The van der Waals surface area contributed by atoms with Crippen molar-refractivity contribution in [1.29, 1.82) is 0 Å². The first-order valence-electron chi connectivity index (χ1n) is 4.49. The lowest BCUT2D eigenvalue weighted by Gasteiger charge is -2.20. The van der Waals surface area contributed by atoms with E-state index in [9.17, 15) is 8.42 Å². The maximum absolute atomic E-state index is 11.4. The van der Waals surface area contributed by atoms with Crippen molar-refractivity contribution in [3.05, 3.63) is 29.8 Å². The summed E-state index contributed by atoms with van der Waals surface area (Å²) in [5.41, 5.74) is 1.79. The molecular weight excluding hydrogens is 198 g/mol. The number of aryl methyl sites for hydroxylation is 1. The van der Waals surface area contributed by atoms with Gasteiger partial charge in [0.1, 0.15) is 0 Å². The molecule has 0 bridgehead atoms. The minimum absolute atomic E-state index is 0.461. The van der Waals surface area contributed by atoms with Gasteiger partial charge in [-0.3, -0.25) is 4.31 Å². The van der Waals surface area contributed by atoms with Crippen LogP contribution in [0.25, 0.3) is 0 Å². The van der Waals surface area contributed by atoms with Crippen LogP contribution < -0.4 is 4.31 Å². The van der Waals surface area contributed by atoms with Gasteiger partial charge in [-0.05, 0) is 31.5 Å². The van der Waals surface area contributed by atoms with E-state index in [2.05, 4.69) is 0 Å². The van der Waals surface area contributed by atoms with E-state index in [-0.39, 0.29) is 0 Å². The number of benzene rings is 1. The van der Waals surface area contributed by atoms with Crippen molar-refractivity contribution >= 4 is 15.7 Å². The lowest BCUT2D eigenvalue weighted by atomic mass is 10.2. The number of rotatable bonds is 3. The number of nitrogens with zero attached hydrogens (tertiary/aromatic N) is 1. The van der Waals surface area contributed by atoms with Crippen LogP contribution in [0.4, 0.5) is 5.69 Å². The summed E-state index contributed by atoms with van der Waals surface area (Å²) in [7, 11) is -3.15. The molecule has 1 aromatic rings. The van der Waals surface area contributed by atoms with Gasteiger partial charge in [-0.25, -0.2) is 8.42 Å². The molecule has 0 heterocycles. The summed E-state index contributed by atoms with van der Waals surface area (Å²) in [5.74, 6) is 0. The summed E-state index contributed by atoms with van der Waals surface area (Å²) in [6.07, 6.45) is 1.22. The molecule has 0 saturated heterocycles. The first kappa shape index (κ1) is 11.0. The van der Waals surface area contributed by atoms with E-state index in [1.165, 1.54) is 10.6 Å². The summed E-state index contributed by atoms with van der Waals surface area (Å²) in [4.78, 5) is 0. The van der Waals surface area contributed by atoms with Gasteiger partial charge in [0.25, 0.3) is 0 Å². The Morgan fingerprint density at radius 3 is 2.43 bits per heavy atom. The summed E-state index contributed by atoms with van der Waals surface area (Å²) in [6.45, 7) is 4.23. The predicted octanol–water partition coefficient (Wildman–Crippen LogP) is 1.78. The zero-order chi connectivity index (χ0) is 10.8. The van der Waals surface area contributed by atoms with Gasteiger partial charge in [-0.15, -0.1) is 0 Å². The van der Waals surface area contributed by atoms with E-state index < -0.39 is 10.0 Å². The molecule has 0 aromatic heterocycles. The zero-order valence-electron chi connectivity index (χ0n) is 8.69. The second kappa shape index (κ2) is 4.00. The third-order valence-corrected chi connectivity index (χ3v) is 3.25. The minimum atomic E-state index is -3.15. The van der Waals surface area contributed by atoms with Crippen LogP contribution in [0.3, 0.4) is 0 Å². The van der Waals surface area contributed by atoms with E-state index in [4.69, 9.17) is 0 Å². The maximum Gasteiger partial charge on any atom is 0.232 e. The second-order valence-corrected chi connectivity index (χ2v) is 5.17. The molecule has 0 saturated carbocycles. The molecule has 0 aliphatic rings. The number of sulfonamides is 1. The van der Waals surface area contributed by atoms with Gasteiger partial charge in [-0.2, -0.15) is 0 Å². The van der Waals surface area contributed by atoms with Crippen LogP contribution in [0.1, 0.15) is 12.5 Å². The summed E-state index contributed by atoms with van der Waals surface area (Å²) in [5, 5.41) is 0. The van der Waals surface area contributed by atoms with Gasteiger partial charge >= 0.3 is 0 Å². The predicted molar refractivity (Wildman–Crippen MR) is 59.0 cm³/mol. The molecule has 1 rings (SSSR count). The van der Waals surface area contributed by atoms with Crippen LogP contribution in [0.5, 0.6) is 0 Å². The largest absolute Gasteiger partial charge is 0.271 e. The highest BCUT2D eigenvalue weighted by Crippen LogP contribution is 2.17. The summed E-state index contributed by atoms with van der Waals surface area (Å²) < 4.78 is 24.2. The van der Waals surface area contributed by atoms with Crippen LogP contribution in [0.2, 0.25) is 0 Å². The molecule has 0 aliphatic carbocycles. The fraction of sp³-hybridized carbons (Fsp3) is 0.400. The monoisotopic (exact) mass is 213 g/mol. The van der Waals surface area contributed by atoms with Gasteiger partial charge in [0.2, 0.25) is 10.0 Å². The Kier molecular flexibility index (Phi) is 3.16. The van der Waals surface area contributed by atoms with Gasteiger partial charge in [0.15, 0.2) is 0 Å². The molecule has 0 N–H and O–H groups in total. The Bertz CT molecular complexity index is 412. The second-order valence-electron chi connectivity index (χ2n) is 3.27. The average Bonchev–Trinajstić information content (AvgIpc) is 2.02. The molecule has 78 valence electrons. The lowest BCUT2D eigenvalue weighted by Crippen LogP contribution is -2.29. The van der Waals surface area contributed by atoms with Crippen molar-refractivity contribution in [2.75, 3.05) is 17.1 Å². The molecule has 3 nitrogen and oxygen atoms in total. The van der Waals surface area contributed by atoms with Gasteiger partial charge in [0.05, 0.1) is 11.9 Å². The standard InChI is InChI=1S/C10H15NO2S/c1-4-11(14(3,12)13)10-7-5-6-9(2)8-10/h5-8H,4H2,1-3H3. The molecular formula is C10H15NO2S. The third kappa shape index (κ3) is 2.48. The number of hydrogen-bond donors (Lipinski definition) is 0. The van der Waals surface area contributed by atoms with E-state index in [1.54, 1.807) is 6.07 Å². The van der Waals surface area contributed by atoms with Crippen LogP contribution in [0, 0.1) is 6.92 Å². The lowest BCUT2D eigenvalue weighted by molar-refractivity contribution is 0.598. The van der Waals surface area contributed by atoms with E-state index in [1.807, 2.05) is 32.0 Å². The minimum Gasteiger partial charge on any atom is -0.271 e. The summed E-state index contributed by atoms with van der Waals surface area (Å²) >= 11 is 0. The molecule has 14 heavy (non-hydrogen) atoms. The maximum atomic E-state index is 11.4. The fourth-order valence-electron chi connectivity index (χ4n) is 1.39. The highest BCUT2D eigenvalue weighted by molar-refractivity contribution is 7.92. The van der Waals surface area contributed by atoms with Crippen LogP contribution in [0.15, 0.2) is 24.3 Å². The molecule has 0 unspecified atom stereocenters. The van der Waals surface area contributed by atoms with Crippen molar-refractivity contribution in [3.8, 4) is 0 Å². The van der Waals surface area contributed by atoms with E-state index in [0.29, 0.717) is 6.54 Å². The Morgan fingerprint density at radius 1 is 1.36 bits per heavy atom. The van der Waals surface area contributed by atoms with Crippen molar-refractivity contribution < 1.29 is 8.42 Å². The van der Waals surface area contributed by atoms with Crippen molar-refractivity contribution in [2.45, 2.75) is 13.8 Å². The molecule has 0 fully saturated rings. The highest BCUT2D eigenvalue weighted by Gasteiger charge is 2.14. The number of hydrogen-bond acceptors (Lipinski definition) is 2. The molecule has 0 aliphatic heterocycles. The number of anilines is 1. The third-order valence-electron chi connectivity index (χ3n) is 1.98. The van der Waals surface area contributed by atoms with Gasteiger partial charge < -0.3 is 0 Å². The first-order valence-corrected chi connectivity index (χ1v) is 6.34. The first-order chi connectivity index (χ1) is 6.45. The molecule has 0 amide bonds. The Balaban J connectivity index is 3.14. The average molecular weight is 213 g/mol. The van der Waals surface area contributed by atoms with Crippen molar-refractivity contribution in [3.63, 3.8) is 0 Å². The molecule has 0 spiro atoms. The van der Waals surface area contributed by atoms with E-state index >= 15 is 0 Å². The van der Waals surface area contributed by atoms with Crippen LogP contribution in [-0.4, -0.2) is 21.2 Å². The van der Waals surface area contributed by atoms with Gasteiger partial charge in [0, 0.05) is 6.54 Å². The SMILES string of the molecule is CCN(c1cccc(C)c1)S(C)(=O)=O. The molecule has 0 radical (unpaired) electrons. The van der Waals surface area contributed by atoms with E-state index in [0.717, 1.165) is 11.3 Å². The Labute approximate surface area is 85.4 Å². The quantitative estimate of drug-likeness (QED) is 0.767.